The molecule has 0 fully saturated rings. The summed E-state index contributed by atoms with van der Waals surface area (Å²) in [6, 6.07) is 14.0. The topological polar surface area (TPSA) is 0 Å². The van der Waals surface area contributed by atoms with Crippen molar-refractivity contribution in [1.82, 2.24) is 0 Å². The highest BCUT2D eigenvalue weighted by molar-refractivity contribution is 8.78. The van der Waals surface area contributed by atoms with Gasteiger partial charge in [-0.25, -0.2) is 0 Å². The summed E-state index contributed by atoms with van der Waals surface area (Å²) in [7, 11) is 4.12. The molecule has 1 heterocycles. The van der Waals surface area contributed by atoms with Crippen molar-refractivity contribution in [3.63, 3.8) is 0 Å². The van der Waals surface area contributed by atoms with Crippen LogP contribution in [0.15, 0.2) is 46.2 Å². The number of hydrogen-bond acceptors (Lipinski definition) is 2. The zero-order valence-electron chi connectivity index (χ0n) is 33.3. The van der Waals surface area contributed by atoms with Gasteiger partial charge >= 0.3 is 0 Å². The van der Waals surface area contributed by atoms with E-state index in [1.807, 2.05) is 10.8 Å². The summed E-state index contributed by atoms with van der Waals surface area (Å²) in [6.45, 7) is 4.62. The van der Waals surface area contributed by atoms with Gasteiger partial charge in [-0.1, -0.05) is 252 Å². The van der Waals surface area contributed by atoms with Gasteiger partial charge in [0, 0.05) is 4.90 Å². The quantitative estimate of drug-likeness (QED) is 0.0521. The summed E-state index contributed by atoms with van der Waals surface area (Å²) in [5.41, 5.74) is 3.25. The maximum atomic E-state index is 2.52. The molecule has 50 heavy (non-hydrogen) atoms. The summed E-state index contributed by atoms with van der Waals surface area (Å²) < 4.78 is 0. The standard InChI is InChI=1S/C48H80S2/c1-3-5-7-9-11-13-15-17-19-21-23-25-27-29-31-33-39-45-46-41-43-37-35-36-38-44(43)42-48(46)50-49-47(45)40-34-32-30-28-26-24-22-20-18-16-14-12-10-8-6-4-2/h35-38,41-42H,3-34,39-40H2,1-2H3. The summed E-state index contributed by atoms with van der Waals surface area (Å²) in [5, 5.41) is 2.80. The number of benzene rings is 2. The molecular weight excluding hydrogens is 641 g/mol. The van der Waals surface area contributed by atoms with Crippen molar-refractivity contribution in [2.45, 2.75) is 237 Å². The van der Waals surface area contributed by atoms with Crippen LogP contribution in [-0.4, -0.2) is 0 Å². The van der Waals surface area contributed by atoms with Gasteiger partial charge in [0.2, 0.25) is 0 Å². The van der Waals surface area contributed by atoms with Crippen LogP contribution in [0, 0.1) is 0 Å². The van der Waals surface area contributed by atoms with Gasteiger partial charge in [0.25, 0.3) is 0 Å². The molecule has 0 aromatic heterocycles. The Morgan fingerprint density at radius 3 is 1.10 bits per heavy atom. The molecule has 0 unspecified atom stereocenters. The molecule has 2 aromatic carbocycles. The first kappa shape index (κ1) is 43.5. The van der Waals surface area contributed by atoms with Crippen molar-refractivity contribution in [3.05, 3.63) is 46.9 Å². The summed E-state index contributed by atoms with van der Waals surface area (Å²) in [5.74, 6) is 0. The van der Waals surface area contributed by atoms with E-state index >= 15 is 0 Å². The van der Waals surface area contributed by atoms with E-state index in [1.54, 1.807) is 16.0 Å². The number of rotatable bonds is 34. The van der Waals surface area contributed by atoms with Crippen LogP contribution in [0.4, 0.5) is 0 Å². The lowest BCUT2D eigenvalue weighted by Crippen LogP contribution is -1.98. The third-order valence-corrected chi connectivity index (χ3v) is 13.9. The number of fused-ring (bicyclic) bond motifs is 2. The maximum absolute atomic E-state index is 2.52. The fourth-order valence-corrected chi connectivity index (χ4v) is 10.7. The van der Waals surface area contributed by atoms with Crippen molar-refractivity contribution < 1.29 is 0 Å². The third-order valence-electron chi connectivity index (χ3n) is 11.3. The minimum Gasteiger partial charge on any atom is -0.0654 e. The van der Waals surface area contributed by atoms with Crippen LogP contribution < -0.4 is 0 Å². The molecule has 0 saturated carbocycles. The molecule has 1 aliphatic rings. The Hall–Kier alpha value is -0.860. The fourth-order valence-electron chi connectivity index (χ4n) is 7.97. The number of unbranched alkanes of at least 4 members (excludes halogenated alkanes) is 30. The van der Waals surface area contributed by atoms with E-state index in [9.17, 15) is 0 Å². The first-order chi connectivity index (χ1) is 24.8. The Kier molecular flexibility index (Phi) is 26.6. The highest BCUT2D eigenvalue weighted by atomic mass is 33.1. The zero-order valence-corrected chi connectivity index (χ0v) is 35.0. The Morgan fingerprint density at radius 2 is 0.700 bits per heavy atom. The summed E-state index contributed by atoms with van der Waals surface area (Å²) in [6.07, 6.45) is 48.7. The van der Waals surface area contributed by atoms with Crippen LogP contribution in [0.3, 0.4) is 0 Å². The summed E-state index contributed by atoms with van der Waals surface area (Å²) >= 11 is 0. The summed E-state index contributed by atoms with van der Waals surface area (Å²) in [4.78, 5) is 3.19. The van der Waals surface area contributed by atoms with Crippen LogP contribution in [-0.2, 0) is 0 Å². The van der Waals surface area contributed by atoms with E-state index in [2.05, 4.69) is 61.0 Å². The SMILES string of the molecule is CCCCCCCCCCCCCCCCCCC1=C(CCCCCCCCCCCCCCCCCC)c2cc3ccccc3cc2SS1. The average molecular weight is 721 g/mol. The van der Waals surface area contributed by atoms with E-state index in [-0.39, 0.29) is 0 Å². The molecule has 0 N–H and O–H groups in total. The minimum atomic E-state index is 1.27. The minimum absolute atomic E-state index is 1.27. The van der Waals surface area contributed by atoms with Crippen molar-refractivity contribution in [1.29, 1.82) is 0 Å². The smallest absolute Gasteiger partial charge is 0.0268 e. The first-order valence-corrected chi connectivity index (χ1v) is 24.6. The largest absolute Gasteiger partial charge is 0.0654 e. The van der Waals surface area contributed by atoms with E-state index in [4.69, 9.17) is 0 Å². The highest BCUT2D eigenvalue weighted by Gasteiger charge is 2.21. The second-order valence-electron chi connectivity index (χ2n) is 15.9. The van der Waals surface area contributed by atoms with E-state index in [0.717, 1.165) is 0 Å². The maximum Gasteiger partial charge on any atom is 0.0268 e. The molecule has 0 aliphatic carbocycles. The van der Waals surface area contributed by atoms with Gasteiger partial charge in [-0.2, -0.15) is 0 Å². The molecule has 284 valence electrons. The second-order valence-corrected chi connectivity index (χ2v) is 18.1. The normalized spacial score (nSPS) is 13.1. The van der Waals surface area contributed by atoms with Gasteiger partial charge in [-0.05, 0) is 64.6 Å². The Balaban J connectivity index is 1.29. The van der Waals surface area contributed by atoms with Gasteiger partial charge < -0.3 is 0 Å². The van der Waals surface area contributed by atoms with Crippen molar-refractivity contribution in [3.8, 4) is 0 Å². The second kappa shape index (κ2) is 30.6. The molecule has 2 heteroatoms. The van der Waals surface area contributed by atoms with Crippen LogP contribution in [0.25, 0.3) is 16.3 Å². The van der Waals surface area contributed by atoms with Crippen LogP contribution >= 0.6 is 21.6 Å². The third kappa shape index (κ3) is 19.8. The molecule has 0 amide bonds. The number of hydrogen-bond donors (Lipinski definition) is 0. The lowest BCUT2D eigenvalue weighted by Gasteiger charge is -2.23. The van der Waals surface area contributed by atoms with E-state index in [0.29, 0.717) is 0 Å². The molecule has 0 saturated heterocycles. The highest BCUT2D eigenvalue weighted by Crippen LogP contribution is 2.52. The average Bonchev–Trinajstić information content (AvgIpc) is 3.14. The molecule has 3 rings (SSSR count). The number of allylic oxidation sites excluding steroid dienone is 2. The lowest BCUT2D eigenvalue weighted by atomic mass is 9.94. The molecule has 0 spiro atoms. The molecular formula is C48H80S2. The lowest BCUT2D eigenvalue weighted by molar-refractivity contribution is 0.529. The van der Waals surface area contributed by atoms with E-state index in [1.165, 1.54) is 234 Å². The van der Waals surface area contributed by atoms with E-state index < -0.39 is 0 Å². The first-order valence-electron chi connectivity index (χ1n) is 22.4. The molecule has 1 aliphatic heterocycles. The molecule has 0 radical (unpaired) electrons. The fraction of sp³-hybridized carbons (Fsp3) is 0.750. The molecule has 2 aromatic rings. The predicted octanol–water partition coefficient (Wildman–Crippen LogP) is 18.6. The molecule has 0 nitrogen and oxygen atoms in total. The van der Waals surface area contributed by atoms with Gasteiger partial charge in [0.05, 0.1) is 0 Å². The Bertz CT molecular complexity index is 1120. The Morgan fingerprint density at radius 1 is 0.360 bits per heavy atom. The molecule has 0 atom stereocenters. The van der Waals surface area contributed by atoms with Crippen molar-refractivity contribution >= 4 is 37.9 Å². The van der Waals surface area contributed by atoms with Gasteiger partial charge in [0.15, 0.2) is 0 Å². The van der Waals surface area contributed by atoms with Crippen LogP contribution in [0.5, 0.6) is 0 Å². The van der Waals surface area contributed by atoms with Crippen LogP contribution in [0.1, 0.15) is 238 Å². The zero-order chi connectivity index (χ0) is 35.2. The van der Waals surface area contributed by atoms with Gasteiger partial charge in [-0.15, -0.1) is 0 Å². The van der Waals surface area contributed by atoms with Crippen molar-refractivity contribution in [2.75, 3.05) is 0 Å². The van der Waals surface area contributed by atoms with Gasteiger partial charge in [-0.3, -0.25) is 0 Å². The molecule has 0 bridgehead atoms. The predicted molar refractivity (Wildman–Crippen MR) is 233 cm³/mol. The van der Waals surface area contributed by atoms with Crippen LogP contribution in [0.2, 0.25) is 0 Å². The Labute approximate surface area is 320 Å². The van der Waals surface area contributed by atoms with Gasteiger partial charge in [0.1, 0.15) is 0 Å². The monoisotopic (exact) mass is 721 g/mol. The van der Waals surface area contributed by atoms with Crippen molar-refractivity contribution in [2.24, 2.45) is 0 Å².